The highest BCUT2D eigenvalue weighted by atomic mass is 79.9. The summed E-state index contributed by atoms with van der Waals surface area (Å²) in [5, 5.41) is 0. The molecular formula is C14H23BrN2S. The summed E-state index contributed by atoms with van der Waals surface area (Å²) >= 11 is 5.44. The Bertz CT molecular complexity index is 382. The van der Waals surface area contributed by atoms with Crippen molar-refractivity contribution in [2.75, 3.05) is 24.0 Å². The molecule has 0 bridgehead atoms. The van der Waals surface area contributed by atoms with E-state index in [4.69, 9.17) is 5.73 Å². The maximum absolute atomic E-state index is 6.07. The van der Waals surface area contributed by atoms with Crippen molar-refractivity contribution in [3.8, 4) is 0 Å². The predicted octanol–water partition coefficient (Wildman–Crippen LogP) is 4.05. The number of nitrogens with zero attached hydrogens (tertiary/aromatic N) is 1. The third-order valence-corrected chi connectivity index (χ3v) is 4.45. The number of thioether (sulfide) groups is 1. The molecule has 1 rings (SSSR count). The second-order valence-corrected chi connectivity index (χ2v) is 6.45. The van der Waals surface area contributed by atoms with Crippen LogP contribution in [-0.4, -0.2) is 25.1 Å². The molecule has 0 aliphatic carbocycles. The normalized spacial score (nSPS) is 14.3. The number of hydrogen-bond acceptors (Lipinski definition) is 3. The topological polar surface area (TPSA) is 29.3 Å². The highest BCUT2D eigenvalue weighted by Crippen LogP contribution is 2.30. The molecule has 0 amide bonds. The number of anilines is 1. The van der Waals surface area contributed by atoms with Gasteiger partial charge in [-0.3, -0.25) is 0 Å². The van der Waals surface area contributed by atoms with E-state index >= 15 is 0 Å². The van der Waals surface area contributed by atoms with Crippen LogP contribution in [0.25, 0.3) is 0 Å². The Morgan fingerprint density at radius 3 is 2.61 bits per heavy atom. The number of benzene rings is 1. The largest absolute Gasteiger partial charge is 0.370 e. The third kappa shape index (κ3) is 3.90. The fraction of sp³-hybridized carbons (Fsp3) is 0.571. The van der Waals surface area contributed by atoms with Gasteiger partial charge in [-0.1, -0.05) is 28.9 Å². The van der Waals surface area contributed by atoms with E-state index in [1.807, 2.05) is 18.7 Å². The summed E-state index contributed by atoms with van der Waals surface area (Å²) in [6.45, 7) is 4.27. The van der Waals surface area contributed by atoms with Crippen LogP contribution >= 0.6 is 27.7 Å². The highest BCUT2D eigenvalue weighted by molar-refractivity contribution is 9.10. The molecule has 2 nitrogen and oxygen atoms in total. The van der Waals surface area contributed by atoms with E-state index in [0.717, 1.165) is 16.6 Å². The molecule has 2 atom stereocenters. The van der Waals surface area contributed by atoms with E-state index in [1.165, 1.54) is 11.3 Å². The first kappa shape index (κ1) is 15.9. The van der Waals surface area contributed by atoms with Gasteiger partial charge in [0.05, 0.1) is 0 Å². The summed E-state index contributed by atoms with van der Waals surface area (Å²) in [7, 11) is 2.16. The Morgan fingerprint density at radius 1 is 1.44 bits per heavy atom. The van der Waals surface area contributed by atoms with Crippen molar-refractivity contribution in [1.29, 1.82) is 0 Å². The molecule has 2 unspecified atom stereocenters. The highest BCUT2D eigenvalue weighted by Gasteiger charge is 2.17. The van der Waals surface area contributed by atoms with Gasteiger partial charge in [0.2, 0.25) is 0 Å². The maximum atomic E-state index is 6.07. The Hall–Kier alpha value is -0.190. The van der Waals surface area contributed by atoms with E-state index in [1.54, 1.807) is 0 Å². The molecule has 0 aliphatic heterocycles. The molecule has 0 aliphatic rings. The molecule has 0 fully saturated rings. The molecule has 2 N–H and O–H groups in total. The molecule has 102 valence electrons. The minimum atomic E-state index is 0.0577. The van der Waals surface area contributed by atoms with Crippen LogP contribution in [0.4, 0.5) is 5.69 Å². The maximum Gasteiger partial charge on any atom is 0.0426 e. The first-order chi connectivity index (χ1) is 8.51. The molecule has 0 saturated heterocycles. The molecule has 18 heavy (non-hydrogen) atoms. The van der Waals surface area contributed by atoms with E-state index in [2.05, 4.69) is 59.3 Å². The van der Waals surface area contributed by atoms with Gasteiger partial charge in [0, 0.05) is 35.0 Å². The lowest BCUT2D eigenvalue weighted by atomic mass is 10.0. The smallest absolute Gasteiger partial charge is 0.0426 e. The van der Waals surface area contributed by atoms with Crippen molar-refractivity contribution in [3.05, 3.63) is 28.2 Å². The number of nitrogens with two attached hydrogens (primary N) is 1. The van der Waals surface area contributed by atoms with Crippen LogP contribution in [0.2, 0.25) is 0 Å². The third-order valence-electron chi connectivity index (χ3n) is 3.24. The van der Waals surface area contributed by atoms with E-state index in [-0.39, 0.29) is 6.04 Å². The molecule has 0 aromatic heterocycles. The standard InChI is InChI=1S/C14H23BrN2S/c1-5-12(9-18-4)17(3)14-8-11(15)6-7-13(14)10(2)16/h6-8,10,12H,5,9,16H2,1-4H3. The first-order valence-electron chi connectivity index (χ1n) is 6.28. The summed E-state index contributed by atoms with van der Waals surface area (Å²) in [5.74, 6) is 1.14. The van der Waals surface area contributed by atoms with Gasteiger partial charge < -0.3 is 10.6 Å². The van der Waals surface area contributed by atoms with E-state index in [0.29, 0.717) is 6.04 Å². The second-order valence-electron chi connectivity index (χ2n) is 4.62. The molecule has 4 heteroatoms. The average molecular weight is 331 g/mol. The fourth-order valence-electron chi connectivity index (χ4n) is 2.10. The Labute approximate surface area is 123 Å². The average Bonchev–Trinajstić information content (AvgIpc) is 2.34. The summed E-state index contributed by atoms with van der Waals surface area (Å²) in [6.07, 6.45) is 3.30. The van der Waals surface area contributed by atoms with Crippen molar-refractivity contribution >= 4 is 33.4 Å². The molecule has 1 aromatic carbocycles. The Balaban J connectivity index is 3.09. The number of halogens is 1. The van der Waals surface area contributed by atoms with Crippen LogP contribution in [0.5, 0.6) is 0 Å². The molecule has 0 spiro atoms. The van der Waals surface area contributed by atoms with Crippen LogP contribution in [0.15, 0.2) is 22.7 Å². The van der Waals surface area contributed by atoms with Crippen molar-refractivity contribution in [1.82, 2.24) is 0 Å². The summed E-state index contributed by atoms with van der Waals surface area (Å²) < 4.78 is 1.10. The monoisotopic (exact) mass is 330 g/mol. The summed E-state index contributed by atoms with van der Waals surface area (Å²) in [5.41, 5.74) is 8.52. The van der Waals surface area contributed by atoms with Crippen molar-refractivity contribution in [2.45, 2.75) is 32.4 Å². The zero-order valence-electron chi connectivity index (χ0n) is 11.6. The molecule has 0 radical (unpaired) electrons. The van der Waals surface area contributed by atoms with Gasteiger partial charge in [0.1, 0.15) is 0 Å². The first-order valence-corrected chi connectivity index (χ1v) is 8.46. The molecular weight excluding hydrogens is 308 g/mol. The number of hydrogen-bond donors (Lipinski definition) is 1. The SMILES string of the molecule is CCC(CSC)N(C)c1cc(Br)ccc1C(C)N. The predicted molar refractivity (Wildman–Crippen MR) is 87.6 cm³/mol. The van der Waals surface area contributed by atoms with Gasteiger partial charge >= 0.3 is 0 Å². The number of rotatable bonds is 6. The zero-order valence-corrected chi connectivity index (χ0v) is 14.0. The molecule has 0 heterocycles. The molecule has 1 aromatic rings. The lowest BCUT2D eigenvalue weighted by Gasteiger charge is -2.31. The van der Waals surface area contributed by atoms with Crippen LogP contribution in [0.1, 0.15) is 31.9 Å². The summed E-state index contributed by atoms with van der Waals surface area (Å²) in [4.78, 5) is 2.36. The van der Waals surface area contributed by atoms with Crippen LogP contribution < -0.4 is 10.6 Å². The van der Waals surface area contributed by atoms with Crippen LogP contribution in [-0.2, 0) is 0 Å². The van der Waals surface area contributed by atoms with Crippen molar-refractivity contribution < 1.29 is 0 Å². The van der Waals surface area contributed by atoms with Crippen LogP contribution in [0.3, 0.4) is 0 Å². The fourth-order valence-corrected chi connectivity index (χ4v) is 3.29. The van der Waals surface area contributed by atoms with Crippen molar-refractivity contribution in [3.63, 3.8) is 0 Å². The minimum absolute atomic E-state index is 0.0577. The Morgan fingerprint density at radius 2 is 2.11 bits per heavy atom. The van der Waals surface area contributed by atoms with Gasteiger partial charge in [-0.25, -0.2) is 0 Å². The van der Waals surface area contributed by atoms with Gasteiger partial charge in [-0.2, -0.15) is 11.8 Å². The Kier molecular flexibility index (Phi) is 6.53. The van der Waals surface area contributed by atoms with E-state index in [9.17, 15) is 0 Å². The quantitative estimate of drug-likeness (QED) is 0.853. The lowest BCUT2D eigenvalue weighted by molar-refractivity contribution is 0.665. The lowest BCUT2D eigenvalue weighted by Crippen LogP contribution is -2.34. The van der Waals surface area contributed by atoms with Gasteiger partial charge in [0.15, 0.2) is 0 Å². The van der Waals surface area contributed by atoms with Gasteiger partial charge in [-0.05, 0) is 37.3 Å². The molecule has 0 saturated carbocycles. The second kappa shape index (κ2) is 7.41. The van der Waals surface area contributed by atoms with Crippen LogP contribution in [0, 0.1) is 0 Å². The van der Waals surface area contributed by atoms with Gasteiger partial charge in [-0.15, -0.1) is 0 Å². The van der Waals surface area contributed by atoms with Gasteiger partial charge in [0.25, 0.3) is 0 Å². The minimum Gasteiger partial charge on any atom is -0.370 e. The van der Waals surface area contributed by atoms with Crippen molar-refractivity contribution in [2.24, 2.45) is 5.73 Å². The zero-order chi connectivity index (χ0) is 13.7. The summed E-state index contributed by atoms with van der Waals surface area (Å²) in [6, 6.07) is 6.95. The van der Waals surface area contributed by atoms with E-state index < -0.39 is 0 Å².